The van der Waals surface area contributed by atoms with Gasteiger partial charge in [-0.2, -0.15) is 5.10 Å². The number of H-pyrrole nitrogens is 1. The molecule has 9 nitrogen and oxygen atoms in total. The molecule has 0 aliphatic heterocycles. The van der Waals surface area contributed by atoms with E-state index < -0.39 is 23.8 Å². The summed E-state index contributed by atoms with van der Waals surface area (Å²) in [5.74, 6) is -2.09. The van der Waals surface area contributed by atoms with Crippen LogP contribution in [-0.4, -0.2) is 57.2 Å². The number of hydrazine groups is 1. The number of hydrogen-bond acceptors (Lipinski definition) is 7. The molecular weight excluding hydrogens is 503 g/mol. The molecule has 0 aliphatic carbocycles. The molecule has 1 heterocycles. The number of hydrogen-bond donors (Lipinski definition) is 3. The summed E-state index contributed by atoms with van der Waals surface area (Å²) in [5, 5.41) is 18.4. The number of carbonyl (C=O) groups excluding carboxylic acids is 3. The van der Waals surface area contributed by atoms with Gasteiger partial charge in [-0.15, -0.1) is 0 Å². The number of rotatable bonds is 11. The first-order chi connectivity index (χ1) is 17.5. The second kappa shape index (κ2) is 12.6. The Bertz CT molecular complexity index is 1260. The van der Waals surface area contributed by atoms with Crippen molar-refractivity contribution >= 4 is 29.3 Å². The molecule has 3 aromatic rings. The topological polar surface area (TPSA) is 125 Å². The van der Waals surface area contributed by atoms with Crippen LogP contribution in [-0.2, 0) is 16.1 Å². The lowest BCUT2D eigenvalue weighted by atomic mass is 10.0. The van der Waals surface area contributed by atoms with E-state index in [0.29, 0.717) is 21.7 Å². The largest absolute Gasteiger partial charge is 0.463 e. The van der Waals surface area contributed by atoms with Gasteiger partial charge in [-0.05, 0) is 41.3 Å². The Hall–Kier alpha value is -3.60. The zero-order valence-electron chi connectivity index (χ0n) is 20.6. The van der Waals surface area contributed by atoms with Crippen molar-refractivity contribution in [3.8, 4) is 11.1 Å². The Balaban J connectivity index is 1.77. The first-order valence-corrected chi connectivity index (χ1v) is 11.9. The van der Waals surface area contributed by atoms with Gasteiger partial charge in [0.2, 0.25) is 0 Å². The van der Waals surface area contributed by atoms with Crippen LogP contribution in [0.25, 0.3) is 11.1 Å². The minimum atomic E-state index is -1.53. The van der Waals surface area contributed by atoms with Crippen molar-refractivity contribution in [3.63, 3.8) is 0 Å². The number of halogens is 2. The number of benzene rings is 2. The van der Waals surface area contributed by atoms with Crippen LogP contribution in [0.1, 0.15) is 47.3 Å². The predicted molar refractivity (Wildman–Crippen MR) is 135 cm³/mol. The smallest absolute Gasteiger partial charge is 0.336 e. The number of nitrogens with zero attached hydrogens (tertiary/aromatic N) is 2. The summed E-state index contributed by atoms with van der Waals surface area (Å²) in [5.41, 5.74) is 4.38. The minimum Gasteiger partial charge on any atom is -0.463 e. The Morgan fingerprint density at radius 3 is 2.49 bits per heavy atom. The molecule has 0 bridgehead atoms. The molecular formula is C26H28ClFN4O5. The van der Waals surface area contributed by atoms with E-state index in [1.54, 1.807) is 24.3 Å². The van der Waals surface area contributed by atoms with Crippen LogP contribution < -0.4 is 5.43 Å². The summed E-state index contributed by atoms with van der Waals surface area (Å²) in [6, 6.07) is 12.4. The molecule has 0 saturated heterocycles. The fraction of sp³-hybridized carbons (Fsp3) is 0.308. The normalized spacial score (nSPS) is 12.0. The molecule has 11 heteroatoms. The highest BCUT2D eigenvalue weighted by Gasteiger charge is 2.23. The quantitative estimate of drug-likeness (QED) is 0.196. The molecule has 3 N–H and O–H groups in total. The molecule has 37 heavy (non-hydrogen) atoms. The number of aliphatic hydroxyl groups excluding tert-OH is 1. The van der Waals surface area contributed by atoms with Crippen LogP contribution in [0.3, 0.4) is 0 Å². The van der Waals surface area contributed by atoms with Gasteiger partial charge in [-0.25, -0.2) is 14.2 Å². The molecule has 0 fully saturated rings. The second-order valence-corrected chi connectivity index (χ2v) is 9.34. The summed E-state index contributed by atoms with van der Waals surface area (Å²) >= 11 is 6.00. The maximum Gasteiger partial charge on any atom is 0.336 e. The SMILES string of the molecule is CC(=O)c1cc(C(=O)NN(Cc2ccc(-c3cc(Cl)ccc3F)cc2)CC(O)C(=O)OCC(C)C)[nH]n1. The first kappa shape index (κ1) is 28.0. The third kappa shape index (κ3) is 7.94. The average Bonchev–Trinajstić information content (AvgIpc) is 3.35. The number of nitrogens with one attached hydrogen (secondary N) is 2. The van der Waals surface area contributed by atoms with Gasteiger partial charge in [0, 0.05) is 24.1 Å². The Kier molecular flexibility index (Phi) is 9.51. The molecule has 0 saturated carbocycles. The molecule has 1 atom stereocenters. The number of esters is 1. The second-order valence-electron chi connectivity index (χ2n) is 8.91. The van der Waals surface area contributed by atoms with Crippen LogP contribution >= 0.6 is 11.6 Å². The zero-order chi connectivity index (χ0) is 27.1. The molecule has 0 aliphatic rings. The van der Waals surface area contributed by atoms with E-state index >= 15 is 0 Å². The fourth-order valence-corrected chi connectivity index (χ4v) is 3.50. The Morgan fingerprint density at radius 1 is 1.16 bits per heavy atom. The van der Waals surface area contributed by atoms with Crippen molar-refractivity contribution in [1.82, 2.24) is 20.6 Å². The lowest BCUT2D eigenvalue weighted by Crippen LogP contribution is -2.47. The highest BCUT2D eigenvalue weighted by atomic mass is 35.5. The number of aliphatic hydroxyl groups is 1. The minimum absolute atomic E-state index is 0.0267. The number of aromatic nitrogens is 2. The van der Waals surface area contributed by atoms with E-state index in [-0.39, 0.29) is 42.8 Å². The summed E-state index contributed by atoms with van der Waals surface area (Å²) < 4.78 is 19.3. The average molecular weight is 531 g/mol. The van der Waals surface area contributed by atoms with E-state index in [0.717, 1.165) is 0 Å². The van der Waals surface area contributed by atoms with Gasteiger partial charge >= 0.3 is 5.97 Å². The van der Waals surface area contributed by atoms with Crippen molar-refractivity contribution < 1.29 is 28.6 Å². The summed E-state index contributed by atoms with van der Waals surface area (Å²) in [6.07, 6.45) is -1.53. The molecule has 1 amide bonds. The van der Waals surface area contributed by atoms with Crippen LogP contribution in [0.4, 0.5) is 4.39 Å². The van der Waals surface area contributed by atoms with Gasteiger partial charge in [-0.1, -0.05) is 49.7 Å². The van der Waals surface area contributed by atoms with Crippen molar-refractivity contribution in [2.24, 2.45) is 5.92 Å². The Labute approximate surface area is 218 Å². The van der Waals surface area contributed by atoms with Gasteiger partial charge < -0.3 is 9.84 Å². The molecule has 196 valence electrons. The molecule has 1 unspecified atom stereocenters. The van der Waals surface area contributed by atoms with Gasteiger partial charge in [-0.3, -0.25) is 20.1 Å². The summed E-state index contributed by atoms with van der Waals surface area (Å²) in [4.78, 5) is 36.5. The maximum absolute atomic E-state index is 14.2. The van der Waals surface area contributed by atoms with Crippen molar-refractivity contribution in [3.05, 3.63) is 76.3 Å². The molecule has 0 spiro atoms. The molecule has 3 rings (SSSR count). The number of carbonyl (C=O) groups is 3. The maximum atomic E-state index is 14.2. The van der Waals surface area contributed by atoms with E-state index in [9.17, 15) is 23.9 Å². The predicted octanol–water partition coefficient (Wildman–Crippen LogP) is 3.78. The van der Waals surface area contributed by atoms with E-state index in [4.69, 9.17) is 16.3 Å². The third-order valence-electron chi connectivity index (χ3n) is 5.23. The number of aromatic amines is 1. The number of ether oxygens (including phenoxy) is 1. The highest BCUT2D eigenvalue weighted by Crippen LogP contribution is 2.26. The molecule has 1 aromatic heterocycles. The zero-order valence-corrected chi connectivity index (χ0v) is 21.4. The van der Waals surface area contributed by atoms with Crippen molar-refractivity contribution in [1.29, 1.82) is 0 Å². The standard InChI is InChI=1S/C26H28ClFN4O5/c1-15(2)14-37-26(36)24(34)13-32(31-25(35)23-11-22(16(3)33)29-30-23)12-17-4-6-18(7-5-17)20-10-19(27)8-9-21(20)28/h4-11,15,24,34H,12-14H2,1-3H3,(H,29,30)(H,31,35). The lowest BCUT2D eigenvalue weighted by Gasteiger charge is -2.25. The highest BCUT2D eigenvalue weighted by molar-refractivity contribution is 6.30. The van der Waals surface area contributed by atoms with E-state index in [1.807, 2.05) is 13.8 Å². The Morgan fingerprint density at radius 2 is 1.86 bits per heavy atom. The number of Topliss-reactive ketones (excluding diaryl/α,β-unsaturated/α-hetero) is 1. The first-order valence-electron chi connectivity index (χ1n) is 11.5. The van der Waals surface area contributed by atoms with Crippen molar-refractivity contribution in [2.75, 3.05) is 13.2 Å². The van der Waals surface area contributed by atoms with Gasteiger partial charge in [0.1, 0.15) is 17.2 Å². The number of ketones is 1. The van der Waals surface area contributed by atoms with Crippen molar-refractivity contribution in [2.45, 2.75) is 33.4 Å². The summed E-state index contributed by atoms with van der Waals surface area (Å²) in [6.45, 7) is 5.01. The summed E-state index contributed by atoms with van der Waals surface area (Å²) in [7, 11) is 0. The van der Waals surface area contributed by atoms with Crippen LogP contribution in [0, 0.1) is 11.7 Å². The lowest BCUT2D eigenvalue weighted by molar-refractivity contribution is -0.156. The van der Waals surface area contributed by atoms with Gasteiger partial charge in [0.05, 0.1) is 13.2 Å². The van der Waals surface area contributed by atoms with Crippen LogP contribution in [0.15, 0.2) is 48.5 Å². The molecule has 0 radical (unpaired) electrons. The molecule has 2 aromatic carbocycles. The van der Waals surface area contributed by atoms with Gasteiger partial charge in [0.25, 0.3) is 5.91 Å². The van der Waals surface area contributed by atoms with Crippen LogP contribution in [0.5, 0.6) is 0 Å². The third-order valence-corrected chi connectivity index (χ3v) is 5.47. The van der Waals surface area contributed by atoms with Gasteiger partial charge in [0.15, 0.2) is 11.9 Å². The fourth-order valence-electron chi connectivity index (χ4n) is 3.33. The van der Waals surface area contributed by atoms with E-state index in [1.165, 1.54) is 36.2 Å². The monoisotopic (exact) mass is 530 g/mol. The number of amides is 1. The van der Waals surface area contributed by atoms with E-state index in [2.05, 4.69) is 15.6 Å². The van der Waals surface area contributed by atoms with Crippen LogP contribution in [0.2, 0.25) is 5.02 Å².